The third-order valence-corrected chi connectivity index (χ3v) is 14.5. The van der Waals surface area contributed by atoms with Gasteiger partial charge in [0.15, 0.2) is 11.9 Å². The number of benzene rings is 2. The van der Waals surface area contributed by atoms with Crippen molar-refractivity contribution in [3.63, 3.8) is 0 Å². The van der Waals surface area contributed by atoms with Crippen LogP contribution < -0.4 is 55.3 Å². The van der Waals surface area contributed by atoms with Crippen molar-refractivity contribution in [2.45, 2.75) is 125 Å². The van der Waals surface area contributed by atoms with Crippen LogP contribution >= 0.6 is 0 Å². The number of aliphatic hydroxyl groups is 1. The van der Waals surface area contributed by atoms with Crippen molar-refractivity contribution in [3.05, 3.63) is 71.8 Å². The highest BCUT2D eigenvalue weighted by Gasteiger charge is 2.63. The summed E-state index contributed by atoms with van der Waals surface area (Å²) in [5.74, 6) is -6.76. The van der Waals surface area contributed by atoms with Crippen LogP contribution in [0.1, 0.15) is 75.3 Å². The second-order valence-corrected chi connectivity index (χ2v) is 20.0. The molecule has 5 aliphatic rings. The lowest BCUT2D eigenvalue weighted by atomic mass is 9.72. The second kappa shape index (κ2) is 27.3. The number of hydrogen-bond donors (Lipinski definition) is 12. The fourth-order valence-electron chi connectivity index (χ4n) is 10.6. The first-order valence-corrected chi connectivity index (χ1v) is 26.0. The number of nitrogens with two attached hydrogens (primary N) is 5. The number of nitrogens with one attached hydrogen (secondary N) is 5. The van der Waals surface area contributed by atoms with Gasteiger partial charge in [-0.15, -0.1) is 0 Å². The molecule has 0 aromatic heterocycles. The van der Waals surface area contributed by atoms with Gasteiger partial charge in [0.2, 0.25) is 47.3 Å². The van der Waals surface area contributed by atoms with Crippen molar-refractivity contribution in [2.24, 2.45) is 44.6 Å². The number of carbonyl (C=O) groups excluding carboxylic acids is 8. The number of aliphatic carboxylic acids is 1. The number of fused-ring (bicyclic) bond motifs is 1. The standard InChI is InChI=1S/C51H73N15O11/c52-33(15-7-19-57-49(53)54)44(72)65-22-10-18-39(65)46(74)66-28-32-25-51(66,26-32)48(77)59-27-40(68)60-35(23-30-11-3-1-4-12-30)41(69)63-37(29-67)45(73)64-21-9-17-38(64)43(71)62-36(24-31-13-5-2-6-14-31)42(70)61-34(47(75)76)16-8-20-58-50(55)56/h1-6,11-14,32-39,67H,7-10,15-29,52H2,(H,59,77)(H,60,68)(H,61,70)(H,62,71)(H,63,69)(H,75,76)(H4,53,54,57)(H4,55,56,58)/t32?,33-,34-,35-,36-,37-,38-,39-,51?/m0/s1. The first kappa shape index (κ1) is 58.4. The first-order valence-electron chi connectivity index (χ1n) is 26.0. The number of carbonyl (C=O) groups is 9. The summed E-state index contributed by atoms with van der Waals surface area (Å²) in [7, 11) is 0. The molecule has 4 aliphatic heterocycles. The van der Waals surface area contributed by atoms with E-state index in [1.807, 2.05) is 0 Å². The van der Waals surface area contributed by atoms with Crippen LogP contribution in [0, 0.1) is 5.92 Å². The molecule has 1 aliphatic carbocycles. The quantitative estimate of drug-likeness (QED) is 0.0231. The number of carboxylic acids is 1. The Morgan fingerprint density at radius 1 is 0.662 bits per heavy atom. The minimum Gasteiger partial charge on any atom is -0.480 e. The predicted molar refractivity (Wildman–Crippen MR) is 280 cm³/mol. The van der Waals surface area contributed by atoms with Gasteiger partial charge >= 0.3 is 5.97 Å². The topological polar surface area (TPSA) is 419 Å². The summed E-state index contributed by atoms with van der Waals surface area (Å²) < 4.78 is 0. The molecule has 7 rings (SSSR count). The van der Waals surface area contributed by atoms with Crippen LogP contribution in [-0.4, -0.2) is 184 Å². The highest BCUT2D eigenvalue weighted by molar-refractivity contribution is 6.00. The predicted octanol–water partition coefficient (Wildman–Crippen LogP) is -3.99. The second-order valence-electron chi connectivity index (χ2n) is 20.0. The molecule has 0 radical (unpaired) electrons. The Hall–Kier alpha value is -7.87. The van der Waals surface area contributed by atoms with Gasteiger partial charge in [0.1, 0.15) is 41.8 Å². The maximum absolute atomic E-state index is 14.2. The number of guanidine groups is 2. The van der Waals surface area contributed by atoms with Gasteiger partial charge in [0.25, 0.3) is 0 Å². The number of aliphatic hydroxyl groups excluding tert-OH is 1. The normalized spacial score (nSPS) is 21.2. The zero-order chi connectivity index (χ0) is 55.8. The molecule has 26 nitrogen and oxygen atoms in total. The van der Waals surface area contributed by atoms with E-state index in [9.17, 15) is 53.4 Å². The Morgan fingerprint density at radius 2 is 1.18 bits per heavy atom. The van der Waals surface area contributed by atoms with Crippen molar-refractivity contribution in [3.8, 4) is 0 Å². The van der Waals surface area contributed by atoms with E-state index >= 15 is 0 Å². The summed E-state index contributed by atoms with van der Waals surface area (Å²) in [6.07, 6.45) is 3.08. The molecular formula is C51H73N15O11. The number of rotatable bonds is 27. The van der Waals surface area contributed by atoms with E-state index in [4.69, 9.17) is 28.7 Å². The Bertz CT molecular complexity index is 2500. The molecule has 26 heteroatoms. The lowest BCUT2D eigenvalue weighted by molar-refractivity contribution is -0.152. The Balaban J connectivity index is 1.08. The summed E-state index contributed by atoms with van der Waals surface area (Å²) in [5.41, 5.74) is 27.8. The van der Waals surface area contributed by atoms with Crippen LogP contribution in [0.25, 0.3) is 0 Å². The molecule has 0 spiro atoms. The largest absolute Gasteiger partial charge is 0.480 e. The molecule has 5 fully saturated rings. The van der Waals surface area contributed by atoms with Gasteiger partial charge in [0, 0.05) is 45.6 Å². The van der Waals surface area contributed by atoms with E-state index in [-0.39, 0.29) is 74.8 Å². The average Bonchev–Trinajstić information content (AvgIpc) is 4.24. The Morgan fingerprint density at radius 3 is 1.73 bits per heavy atom. The summed E-state index contributed by atoms with van der Waals surface area (Å²) in [4.78, 5) is 135. The summed E-state index contributed by atoms with van der Waals surface area (Å²) in [6, 6.07) is 8.98. The molecule has 4 heterocycles. The fourth-order valence-corrected chi connectivity index (χ4v) is 10.6. The van der Waals surface area contributed by atoms with Crippen LogP contribution in [0.4, 0.5) is 0 Å². The molecule has 2 aromatic carbocycles. The minimum atomic E-state index is -1.58. The van der Waals surface area contributed by atoms with Crippen LogP contribution in [0.5, 0.6) is 0 Å². The fraction of sp³-hybridized carbons (Fsp3) is 0.549. The molecule has 2 aromatic rings. The van der Waals surface area contributed by atoms with Crippen molar-refractivity contribution in [2.75, 3.05) is 45.9 Å². The van der Waals surface area contributed by atoms with E-state index in [0.717, 1.165) is 0 Å². The lowest BCUT2D eigenvalue weighted by Gasteiger charge is -2.42. The minimum absolute atomic E-state index is 0.0204. The molecule has 7 atom stereocenters. The van der Waals surface area contributed by atoms with Crippen LogP contribution in [0.2, 0.25) is 0 Å². The molecular weight excluding hydrogens is 999 g/mol. The molecule has 8 amide bonds. The highest BCUT2D eigenvalue weighted by Crippen LogP contribution is 2.51. The third kappa shape index (κ3) is 15.4. The zero-order valence-corrected chi connectivity index (χ0v) is 43.0. The molecule has 0 unspecified atom stereocenters. The molecule has 1 saturated carbocycles. The summed E-state index contributed by atoms with van der Waals surface area (Å²) >= 11 is 0. The Kier molecular flexibility index (Phi) is 20.7. The number of likely N-dealkylation sites (tertiary alicyclic amines) is 2. The number of nitrogens with zero attached hydrogens (tertiary/aromatic N) is 5. The van der Waals surface area contributed by atoms with E-state index in [0.29, 0.717) is 75.7 Å². The maximum Gasteiger partial charge on any atom is 0.326 e. The highest BCUT2D eigenvalue weighted by atomic mass is 16.4. The van der Waals surface area contributed by atoms with Gasteiger partial charge < -0.3 is 80.2 Å². The van der Waals surface area contributed by atoms with E-state index < -0.39 is 102 Å². The monoisotopic (exact) mass is 1070 g/mol. The zero-order valence-electron chi connectivity index (χ0n) is 43.0. The number of amides is 8. The SMILES string of the molecule is NC(N)=NCCC[C@H](NC(=O)[C@H](Cc1ccccc1)NC(=O)[C@@H]1CCCN1C(=O)[C@H](CO)NC(=O)[C@H](Cc1ccccc1)NC(=O)CNC(=O)C12CC(CN1C(=O)[C@@H]1CCCN1C(=O)[C@@H](N)CCCN=C(N)N)C2)C(=O)O. The molecule has 4 saturated heterocycles. The van der Waals surface area contributed by atoms with Gasteiger partial charge in [-0.1, -0.05) is 60.7 Å². The van der Waals surface area contributed by atoms with Crippen LogP contribution in [0.3, 0.4) is 0 Å². The summed E-state index contributed by atoms with van der Waals surface area (Å²) in [6.45, 7) is -0.370. The van der Waals surface area contributed by atoms with Crippen molar-refractivity contribution in [1.29, 1.82) is 0 Å². The first-order chi connectivity index (χ1) is 36.8. The lowest BCUT2D eigenvalue weighted by Crippen LogP contribution is -2.63. The molecule has 418 valence electrons. The maximum atomic E-state index is 14.2. The smallest absolute Gasteiger partial charge is 0.326 e. The third-order valence-electron chi connectivity index (χ3n) is 14.5. The number of hydrogen-bond acceptors (Lipinski definition) is 13. The van der Waals surface area contributed by atoms with Gasteiger partial charge in [-0.25, -0.2) is 4.79 Å². The van der Waals surface area contributed by atoms with Crippen LogP contribution in [0.15, 0.2) is 70.6 Å². The van der Waals surface area contributed by atoms with Crippen molar-refractivity contribution in [1.82, 2.24) is 41.3 Å². The van der Waals surface area contributed by atoms with Crippen molar-refractivity contribution < 1.29 is 53.4 Å². The van der Waals surface area contributed by atoms with E-state index in [1.165, 1.54) is 14.7 Å². The number of carboxylic acid groups (broad SMARTS) is 1. The van der Waals surface area contributed by atoms with Gasteiger partial charge in [0.05, 0.1) is 19.2 Å². The van der Waals surface area contributed by atoms with Gasteiger partial charge in [-0.3, -0.25) is 48.3 Å². The van der Waals surface area contributed by atoms with Gasteiger partial charge in [-0.2, -0.15) is 0 Å². The van der Waals surface area contributed by atoms with Crippen LogP contribution in [-0.2, 0) is 56.0 Å². The number of aliphatic imine (C=N–C) groups is 2. The van der Waals surface area contributed by atoms with Crippen molar-refractivity contribution >= 4 is 65.1 Å². The average molecular weight is 1070 g/mol. The Labute approximate surface area is 445 Å². The summed E-state index contributed by atoms with van der Waals surface area (Å²) in [5, 5.41) is 33.5. The van der Waals surface area contributed by atoms with E-state index in [1.54, 1.807) is 60.7 Å². The molecule has 77 heavy (non-hydrogen) atoms. The van der Waals surface area contributed by atoms with Gasteiger partial charge in [-0.05, 0) is 81.3 Å². The van der Waals surface area contributed by atoms with E-state index in [2.05, 4.69) is 36.6 Å². The molecule has 2 bridgehead atoms. The molecule has 17 N–H and O–H groups in total.